The summed E-state index contributed by atoms with van der Waals surface area (Å²) in [6.07, 6.45) is 0.541. The van der Waals surface area contributed by atoms with Crippen LogP contribution in [0.3, 0.4) is 0 Å². The van der Waals surface area contributed by atoms with Crippen molar-refractivity contribution in [2.75, 3.05) is 6.61 Å². The van der Waals surface area contributed by atoms with E-state index in [4.69, 9.17) is 9.15 Å². The van der Waals surface area contributed by atoms with Crippen LogP contribution in [-0.2, 0) is 9.53 Å². The second-order valence-corrected chi connectivity index (χ2v) is 5.01. The van der Waals surface area contributed by atoms with Crippen LogP contribution in [0.1, 0.15) is 31.6 Å². The van der Waals surface area contributed by atoms with E-state index in [1.54, 1.807) is 0 Å². The third kappa shape index (κ3) is 2.77. The maximum atomic E-state index is 11.7. The lowest BCUT2D eigenvalue weighted by Gasteiger charge is -2.11. The monoisotopic (exact) mass is 272 g/mol. The van der Waals surface area contributed by atoms with E-state index in [1.165, 1.54) is 0 Å². The molecule has 20 heavy (non-hydrogen) atoms. The number of para-hydroxylation sites is 1. The SMILES string of the molecule is C=C(CC(C)C(=O)OCC)c1oc2ccccc2c1C. The Bertz CT molecular complexity index is 637. The number of benzene rings is 1. The van der Waals surface area contributed by atoms with Crippen LogP contribution in [0.2, 0.25) is 0 Å². The molecule has 2 aromatic rings. The van der Waals surface area contributed by atoms with Crippen molar-refractivity contribution in [3.05, 3.63) is 42.2 Å². The second kappa shape index (κ2) is 5.95. The van der Waals surface area contributed by atoms with Gasteiger partial charge in [-0.15, -0.1) is 0 Å². The number of rotatable bonds is 5. The Morgan fingerprint density at radius 2 is 2.10 bits per heavy atom. The van der Waals surface area contributed by atoms with Gasteiger partial charge in [-0.2, -0.15) is 0 Å². The van der Waals surface area contributed by atoms with Crippen LogP contribution in [0.15, 0.2) is 35.3 Å². The highest BCUT2D eigenvalue weighted by Gasteiger charge is 2.19. The topological polar surface area (TPSA) is 39.4 Å². The number of allylic oxidation sites excluding steroid dienone is 1. The van der Waals surface area contributed by atoms with E-state index >= 15 is 0 Å². The standard InChI is InChI=1S/C17H20O3/c1-5-19-17(18)12(3)10-11(2)16-13(4)14-8-6-7-9-15(14)20-16/h6-9,12H,2,5,10H2,1,3-4H3. The fourth-order valence-electron chi connectivity index (χ4n) is 2.34. The normalized spacial score (nSPS) is 12.3. The molecule has 0 radical (unpaired) electrons. The quantitative estimate of drug-likeness (QED) is 0.760. The zero-order valence-electron chi connectivity index (χ0n) is 12.2. The summed E-state index contributed by atoms with van der Waals surface area (Å²) in [4.78, 5) is 11.7. The highest BCUT2D eigenvalue weighted by atomic mass is 16.5. The number of hydrogen-bond acceptors (Lipinski definition) is 3. The third-order valence-electron chi connectivity index (χ3n) is 3.41. The van der Waals surface area contributed by atoms with Gasteiger partial charge < -0.3 is 9.15 Å². The van der Waals surface area contributed by atoms with Crippen LogP contribution < -0.4 is 0 Å². The first-order valence-corrected chi connectivity index (χ1v) is 6.87. The Labute approximate surface area is 119 Å². The van der Waals surface area contributed by atoms with Crippen LogP contribution >= 0.6 is 0 Å². The molecule has 1 unspecified atom stereocenters. The maximum absolute atomic E-state index is 11.7. The first-order chi connectivity index (χ1) is 9.54. The Morgan fingerprint density at radius 1 is 1.40 bits per heavy atom. The molecule has 3 nitrogen and oxygen atoms in total. The number of esters is 1. The summed E-state index contributed by atoms with van der Waals surface area (Å²) in [5.41, 5.74) is 2.76. The van der Waals surface area contributed by atoms with Crippen molar-refractivity contribution < 1.29 is 13.9 Å². The lowest BCUT2D eigenvalue weighted by Crippen LogP contribution is -2.14. The van der Waals surface area contributed by atoms with Crippen molar-refractivity contribution in [2.24, 2.45) is 5.92 Å². The molecule has 106 valence electrons. The van der Waals surface area contributed by atoms with Gasteiger partial charge in [0.25, 0.3) is 0 Å². The van der Waals surface area contributed by atoms with Gasteiger partial charge in [-0.05, 0) is 31.9 Å². The van der Waals surface area contributed by atoms with Crippen molar-refractivity contribution in [3.8, 4) is 0 Å². The molecule has 0 aliphatic carbocycles. The maximum Gasteiger partial charge on any atom is 0.308 e. The van der Waals surface area contributed by atoms with Gasteiger partial charge in [0.05, 0.1) is 12.5 Å². The van der Waals surface area contributed by atoms with E-state index in [0.29, 0.717) is 13.0 Å². The molecule has 0 amide bonds. The molecule has 0 N–H and O–H groups in total. The average molecular weight is 272 g/mol. The van der Waals surface area contributed by atoms with Crippen LogP contribution in [0.25, 0.3) is 16.5 Å². The minimum atomic E-state index is -0.213. The molecule has 1 atom stereocenters. The van der Waals surface area contributed by atoms with Crippen molar-refractivity contribution in [3.63, 3.8) is 0 Å². The summed E-state index contributed by atoms with van der Waals surface area (Å²) in [5, 5.41) is 1.09. The van der Waals surface area contributed by atoms with E-state index in [1.807, 2.05) is 45.0 Å². The Kier molecular flexibility index (Phi) is 4.28. The van der Waals surface area contributed by atoms with E-state index < -0.39 is 0 Å². The summed E-state index contributed by atoms with van der Waals surface area (Å²) in [6.45, 7) is 10.1. The smallest absolute Gasteiger partial charge is 0.308 e. The van der Waals surface area contributed by atoms with Crippen molar-refractivity contribution in [1.29, 1.82) is 0 Å². The summed E-state index contributed by atoms with van der Waals surface area (Å²) in [6, 6.07) is 7.89. The van der Waals surface area contributed by atoms with Crippen LogP contribution in [0.4, 0.5) is 0 Å². The number of furan rings is 1. The lowest BCUT2D eigenvalue weighted by molar-refractivity contribution is -0.147. The molecule has 0 saturated heterocycles. The fourth-order valence-corrected chi connectivity index (χ4v) is 2.34. The predicted octanol–water partition coefficient (Wildman–Crippen LogP) is 4.34. The van der Waals surface area contributed by atoms with Crippen LogP contribution in [-0.4, -0.2) is 12.6 Å². The largest absolute Gasteiger partial charge is 0.466 e. The molecule has 0 aliphatic rings. The van der Waals surface area contributed by atoms with Gasteiger partial charge in [-0.25, -0.2) is 0 Å². The van der Waals surface area contributed by atoms with Crippen molar-refractivity contribution in [1.82, 2.24) is 0 Å². The number of carbonyl (C=O) groups is 1. The van der Waals surface area contributed by atoms with Gasteiger partial charge in [0.15, 0.2) is 0 Å². The van der Waals surface area contributed by atoms with E-state index in [0.717, 1.165) is 27.9 Å². The molecule has 0 spiro atoms. The van der Waals surface area contributed by atoms with Gasteiger partial charge in [0.2, 0.25) is 0 Å². The Hall–Kier alpha value is -2.03. The second-order valence-electron chi connectivity index (χ2n) is 5.01. The third-order valence-corrected chi connectivity index (χ3v) is 3.41. The molecule has 1 aromatic carbocycles. The number of fused-ring (bicyclic) bond motifs is 1. The molecule has 0 aliphatic heterocycles. The van der Waals surface area contributed by atoms with Gasteiger partial charge in [-0.1, -0.05) is 31.7 Å². The summed E-state index contributed by atoms with van der Waals surface area (Å²) < 4.78 is 10.9. The van der Waals surface area contributed by atoms with E-state index in [9.17, 15) is 4.79 Å². The highest BCUT2D eigenvalue weighted by Crippen LogP contribution is 2.32. The zero-order chi connectivity index (χ0) is 14.7. The number of carbonyl (C=O) groups excluding carboxylic acids is 1. The fraction of sp³-hybridized carbons (Fsp3) is 0.353. The van der Waals surface area contributed by atoms with Crippen LogP contribution in [0.5, 0.6) is 0 Å². The minimum absolute atomic E-state index is 0.192. The molecule has 0 saturated carbocycles. The van der Waals surface area contributed by atoms with Gasteiger partial charge >= 0.3 is 5.97 Å². The van der Waals surface area contributed by atoms with E-state index in [-0.39, 0.29) is 11.9 Å². The average Bonchev–Trinajstić information content (AvgIpc) is 2.77. The molecule has 1 heterocycles. The van der Waals surface area contributed by atoms with Crippen LogP contribution in [0, 0.1) is 12.8 Å². The Balaban J connectivity index is 2.19. The zero-order valence-corrected chi connectivity index (χ0v) is 12.2. The molecular formula is C17H20O3. The molecular weight excluding hydrogens is 252 g/mol. The predicted molar refractivity (Wildman–Crippen MR) is 80.4 cm³/mol. The molecule has 0 bridgehead atoms. The molecule has 1 aromatic heterocycles. The number of hydrogen-bond donors (Lipinski definition) is 0. The molecule has 2 rings (SSSR count). The Morgan fingerprint density at radius 3 is 2.75 bits per heavy atom. The van der Waals surface area contributed by atoms with Gasteiger partial charge in [0.1, 0.15) is 11.3 Å². The van der Waals surface area contributed by atoms with E-state index in [2.05, 4.69) is 6.58 Å². The first kappa shape index (κ1) is 14.4. The van der Waals surface area contributed by atoms with Gasteiger partial charge in [-0.3, -0.25) is 4.79 Å². The van der Waals surface area contributed by atoms with Crippen molar-refractivity contribution in [2.45, 2.75) is 27.2 Å². The number of aryl methyl sites for hydroxylation is 1. The summed E-state index contributed by atoms with van der Waals surface area (Å²) >= 11 is 0. The summed E-state index contributed by atoms with van der Waals surface area (Å²) in [5.74, 6) is 0.375. The first-order valence-electron chi connectivity index (χ1n) is 6.87. The lowest BCUT2D eigenvalue weighted by atomic mass is 9.98. The highest BCUT2D eigenvalue weighted by molar-refractivity contribution is 5.86. The van der Waals surface area contributed by atoms with Gasteiger partial charge in [0, 0.05) is 10.9 Å². The molecule has 0 fully saturated rings. The van der Waals surface area contributed by atoms with Crippen molar-refractivity contribution >= 4 is 22.5 Å². The minimum Gasteiger partial charge on any atom is -0.466 e. The number of ether oxygens (including phenoxy) is 1. The molecule has 3 heteroatoms. The summed E-state index contributed by atoms with van der Waals surface area (Å²) in [7, 11) is 0.